The molecule has 1 unspecified atom stereocenters. The number of phenolic OH excluding ortho intramolecular Hbond substituents is 2. The lowest BCUT2D eigenvalue weighted by Crippen LogP contribution is -2.42. The van der Waals surface area contributed by atoms with Crippen LogP contribution in [0.5, 0.6) is 11.5 Å². The van der Waals surface area contributed by atoms with Crippen molar-refractivity contribution in [3.8, 4) is 11.5 Å². The van der Waals surface area contributed by atoms with Crippen LogP contribution in [-0.2, 0) is 20.7 Å². The highest BCUT2D eigenvalue weighted by Crippen LogP contribution is 2.25. The van der Waals surface area contributed by atoms with Crippen molar-refractivity contribution in [2.24, 2.45) is 0 Å². The number of alkyl carbamates (subject to hydrolysis) is 1. The van der Waals surface area contributed by atoms with Gasteiger partial charge in [0, 0.05) is 6.42 Å². The SMILES string of the molecule is COC(=O)NC(Cc1ccc(O)c(O)c1)C(=O)OC. The fourth-order valence-electron chi connectivity index (χ4n) is 1.47. The molecule has 1 rings (SSSR count). The van der Waals surface area contributed by atoms with E-state index in [9.17, 15) is 19.8 Å². The number of rotatable bonds is 4. The number of carbonyl (C=O) groups is 2. The Labute approximate surface area is 109 Å². The normalized spacial score (nSPS) is 11.5. The quantitative estimate of drug-likeness (QED) is 0.544. The molecule has 1 aromatic carbocycles. The number of nitrogens with one attached hydrogen (secondary N) is 1. The van der Waals surface area contributed by atoms with Gasteiger partial charge in [-0.15, -0.1) is 0 Å². The maximum atomic E-state index is 11.5. The minimum atomic E-state index is -0.943. The lowest BCUT2D eigenvalue weighted by atomic mass is 10.1. The fourth-order valence-corrected chi connectivity index (χ4v) is 1.47. The molecule has 3 N–H and O–H groups in total. The van der Waals surface area contributed by atoms with Gasteiger partial charge in [0.1, 0.15) is 6.04 Å². The summed E-state index contributed by atoms with van der Waals surface area (Å²) in [5.74, 6) is -1.21. The third-order valence-electron chi connectivity index (χ3n) is 2.44. The number of phenols is 2. The fraction of sp³-hybridized carbons (Fsp3) is 0.333. The maximum Gasteiger partial charge on any atom is 0.407 e. The van der Waals surface area contributed by atoms with E-state index >= 15 is 0 Å². The molecule has 0 aliphatic carbocycles. The Kier molecular flexibility index (Phi) is 4.99. The van der Waals surface area contributed by atoms with Crippen LogP contribution in [-0.4, -0.2) is 42.5 Å². The second kappa shape index (κ2) is 6.48. The van der Waals surface area contributed by atoms with Crippen LogP contribution in [0.1, 0.15) is 5.56 Å². The van der Waals surface area contributed by atoms with Gasteiger partial charge in [-0.25, -0.2) is 9.59 Å². The molecule has 0 radical (unpaired) electrons. The van der Waals surface area contributed by atoms with E-state index < -0.39 is 18.1 Å². The van der Waals surface area contributed by atoms with Crippen LogP contribution in [0.25, 0.3) is 0 Å². The highest BCUT2D eigenvalue weighted by atomic mass is 16.5. The summed E-state index contributed by atoms with van der Waals surface area (Å²) < 4.78 is 8.97. The number of carbonyl (C=O) groups excluding carboxylic acids is 2. The van der Waals surface area contributed by atoms with Crippen molar-refractivity contribution in [3.05, 3.63) is 23.8 Å². The first-order valence-electron chi connectivity index (χ1n) is 5.41. The van der Waals surface area contributed by atoms with Gasteiger partial charge in [-0.3, -0.25) is 0 Å². The van der Waals surface area contributed by atoms with Gasteiger partial charge in [-0.05, 0) is 17.7 Å². The molecule has 7 heteroatoms. The van der Waals surface area contributed by atoms with Crippen LogP contribution in [0, 0.1) is 0 Å². The van der Waals surface area contributed by atoms with Gasteiger partial charge in [0.2, 0.25) is 0 Å². The number of hydrogen-bond acceptors (Lipinski definition) is 6. The van der Waals surface area contributed by atoms with E-state index in [1.54, 1.807) is 0 Å². The van der Waals surface area contributed by atoms with E-state index in [1.807, 2.05) is 0 Å². The molecular weight excluding hydrogens is 254 g/mol. The third-order valence-corrected chi connectivity index (χ3v) is 2.44. The van der Waals surface area contributed by atoms with Crippen molar-refractivity contribution in [2.45, 2.75) is 12.5 Å². The molecule has 0 fully saturated rings. The molecule has 0 bridgehead atoms. The van der Waals surface area contributed by atoms with E-state index in [0.29, 0.717) is 5.56 Å². The van der Waals surface area contributed by atoms with E-state index in [1.165, 1.54) is 32.4 Å². The summed E-state index contributed by atoms with van der Waals surface area (Å²) >= 11 is 0. The summed E-state index contributed by atoms with van der Waals surface area (Å²) in [5.41, 5.74) is 0.544. The zero-order valence-electron chi connectivity index (χ0n) is 10.5. The topological polar surface area (TPSA) is 105 Å². The van der Waals surface area contributed by atoms with Gasteiger partial charge >= 0.3 is 12.1 Å². The number of amides is 1. The summed E-state index contributed by atoms with van der Waals surface area (Å²) in [6.45, 7) is 0. The minimum absolute atomic E-state index is 0.0929. The zero-order valence-corrected chi connectivity index (χ0v) is 10.5. The number of aromatic hydroxyl groups is 2. The second-order valence-electron chi connectivity index (χ2n) is 3.74. The van der Waals surface area contributed by atoms with E-state index in [2.05, 4.69) is 14.8 Å². The summed E-state index contributed by atoms with van der Waals surface area (Å²) in [5, 5.41) is 20.9. The molecule has 19 heavy (non-hydrogen) atoms. The monoisotopic (exact) mass is 269 g/mol. The van der Waals surface area contributed by atoms with Gasteiger partial charge in [0.25, 0.3) is 0 Å². The predicted octanol–water partition coefficient (Wildman–Crippen LogP) is 0.538. The Morgan fingerprint density at radius 1 is 1.21 bits per heavy atom. The Hall–Kier alpha value is -2.44. The summed E-state index contributed by atoms with van der Waals surface area (Å²) in [6, 6.07) is 3.16. The summed E-state index contributed by atoms with van der Waals surface area (Å²) in [6.07, 6.45) is -0.672. The smallest absolute Gasteiger partial charge is 0.407 e. The molecule has 0 aliphatic rings. The molecule has 0 saturated heterocycles. The standard InChI is InChI=1S/C12H15NO6/c1-18-11(16)8(13-12(17)19-2)5-7-3-4-9(14)10(15)6-7/h3-4,6,8,14-15H,5H2,1-2H3,(H,13,17). The van der Waals surface area contributed by atoms with Crippen molar-refractivity contribution in [2.75, 3.05) is 14.2 Å². The van der Waals surface area contributed by atoms with Gasteiger partial charge in [-0.2, -0.15) is 0 Å². The molecule has 1 aromatic rings. The van der Waals surface area contributed by atoms with Crippen molar-refractivity contribution in [3.63, 3.8) is 0 Å². The Morgan fingerprint density at radius 3 is 2.42 bits per heavy atom. The average Bonchev–Trinajstić information content (AvgIpc) is 2.41. The molecule has 0 heterocycles. The molecule has 0 saturated carbocycles. The molecule has 0 aromatic heterocycles. The average molecular weight is 269 g/mol. The van der Waals surface area contributed by atoms with Crippen LogP contribution in [0.3, 0.4) is 0 Å². The number of hydrogen-bond donors (Lipinski definition) is 3. The van der Waals surface area contributed by atoms with Gasteiger partial charge < -0.3 is 25.0 Å². The third kappa shape index (κ3) is 4.06. The molecule has 1 atom stereocenters. The summed E-state index contributed by atoms with van der Waals surface area (Å²) in [4.78, 5) is 22.6. The highest BCUT2D eigenvalue weighted by molar-refractivity contribution is 5.81. The number of esters is 1. The molecule has 0 spiro atoms. The van der Waals surface area contributed by atoms with Crippen LogP contribution in [0.4, 0.5) is 4.79 Å². The van der Waals surface area contributed by atoms with Gasteiger partial charge in [0.15, 0.2) is 11.5 Å². The first-order chi connectivity index (χ1) is 8.97. The van der Waals surface area contributed by atoms with Crippen LogP contribution >= 0.6 is 0 Å². The Balaban J connectivity index is 2.84. The zero-order chi connectivity index (χ0) is 14.4. The first-order valence-corrected chi connectivity index (χ1v) is 5.41. The molecule has 0 aliphatic heterocycles. The molecular formula is C12H15NO6. The highest BCUT2D eigenvalue weighted by Gasteiger charge is 2.22. The van der Waals surface area contributed by atoms with Crippen LogP contribution in [0.2, 0.25) is 0 Å². The van der Waals surface area contributed by atoms with Crippen LogP contribution in [0.15, 0.2) is 18.2 Å². The van der Waals surface area contributed by atoms with Crippen molar-refractivity contribution >= 4 is 12.1 Å². The van der Waals surface area contributed by atoms with Crippen molar-refractivity contribution in [1.29, 1.82) is 0 Å². The maximum absolute atomic E-state index is 11.5. The van der Waals surface area contributed by atoms with Crippen LogP contribution < -0.4 is 5.32 Å². The lowest BCUT2D eigenvalue weighted by molar-refractivity contribution is -0.142. The molecule has 104 valence electrons. The second-order valence-corrected chi connectivity index (χ2v) is 3.74. The van der Waals surface area contributed by atoms with E-state index in [-0.39, 0.29) is 17.9 Å². The van der Waals surface area contributed by atoms with E-state index in [0.717, 1.165) is 0 Å². The number of benzene rings is 1. The minimum Gasteiger partial charge on any atom is -0.504 e. The first kappa shape index (κ1) is 14.6. The molecule has 7 nitrogen and oxygen atoms in total. The van der Waals surface area contributed by atoms with E-state index in [4.69, 9.17) is 0 Å². The Bertz CT molecular complexity index is 473. The lowest BCUT2D eigenvalue weighted by Gasteiger charge is -2.15. The van der Waals surface area contributed by atoms with Gasteiger partial charge in [-0.1, -0.05) is 6.07 Å². The van der Waals surface area contributed by atoms with Gasteiger partial charge in [0.05, 0.1) is 14.2 Å². The Morgan fingerprint density at radius 2 is 1.89 bits per heavy atom. The van der Waals surface area contributed by atoms with Crippen molar-refractivity contribution in [1.82, 2.24) is 5.32 Å². The van der Waals surface area contributed by atoms with Crippen molar-refractivity contribution < 1.29 is 29.3 Å². The molecule has 1 amide bonds. The number of methoxy groups -OCH3 is 2. The largest absolute Gasteiger partial charge is 0.504 e. The number of ether oxygens (including phenoxy) is 2. The predicted molar refractivity (Wildman–Crippen MR) is 64.8 cm³/mol. The summed E-state index contributed by atoms with van der Waals surface area (Å²) in [7, 11) is 2.37.